The number of benzene rings is 1. The number of rotatable bonds is 5. The molecule has 3 aromatic heterocycles. The third-order valence-corrected chi connectivity index (χ3v) is 4.08. The third-order valence-electron chi connectivity index (χ3n) is 4.08. The van der Waals surface area contributed by atoms with Gasteiger partial charge < -0.3 is 14.8 Å². The zero-order valence-electron chi connectivity index (χ0n) is 15.6. The smallest absolute Gasteiger partial charge is 0.475 e. The summed E-state index contributed by atoms with van der Waals surface area (Å²) < 4.78 is 33.8. The number of alkyl halides is 3. The summed E-state index contributed by atoms with van der Waals surface area (Å²) in [5, 5.41) is 18.0. The maximum absolute atomic E-state index is 10.6. The highest BCUT2D eigenvalue weighted by Crippen LogP contribution is 2.17. The number of hydrogen-bond acceptors (Lipinski definition) is 4. The van der Waals surface area contributed by atoms with Crippen LogP contribution in [0.1, 0.15) is 11.4 Å². The van der Waals surface area contributed by atoms with Crippen LogP contribution in [0.4, 0.5) is 13.2 Å². The summed E-state index contributed by atoms with van der Waals surface area (Å²) in [5.41, 5.74) is 5.32. The van der Waals surface area contributed by atoms with Gasteiger partial charge in [0.1, 0.15) is 5.65 Å². The van der Waals surface area contributed by atoms with Crippen molar-refractivity contribution in [2.75, 3.05) is 0 Å². The van der Waals surface area contributed by atoms with E-state index >= 15 is 0 Å². The number of aliphatic carboxylic acids is 1. The molecule has 10 heteroatoms. The summed E-state index contributed by atoms with van der Waals surface area (Å²) in [4.78, 5) is 13.2. The Morgan fingerprint density at radius 2 is 1.83 bits per heavy atom. The van der Waals surface area contributed by atoms with Crippen molar-refractivity contribution in [1.29, 1.82) is 0 Å². The minimum Gasteiger partial charge on any atom is -0.475 e. The minimum atomic E-state index is -5.08. The summed E-state index contributed by atoms with van der Waals surface area (Å²) >= 11 is 0. The van der Waals surface area contributed by atoms with E-state index in [0.717, 1.165) is 35.7 Å². The molecule has 4 rings (SSSR count). The lowest BCUT2D eigenvalue weighted by atomic mass is 10.1. The Hall–Kier alpha value is -3.66. The van der Waals surface area contributed by atoms with E-state index in [1.54, 1.807) is 0 Å². The van der Waals surface area contributed by atoms with Crippen LogP contribution >= 0.6 is 0 Å². The van der Waals surface area contributed by atoms with E-state index in [1.807, 2.05) is 42.7 Å². The molecule has 0 spiro atoms. The molecule has 0 aliphatic rings. The van der Waals surface area contributed by atoms with Crippen LogP contribution in [0, 0.1) is 0 Å². The number of nitrogens with one attached hydrogen (secondary N) is 2. The number of halogens is 3. The summed E-state index contributed by atoms with van der Waals surface area (Å²) in [6, 6.07) is 18.4. The SMILES string of the molecule is O=C(O)C(F)(F)F.c1ccc(-c2cc(CNCc3cccc4nccn34)[nH]n2)cc1. The quantitative estimate of drug-likeness (QED) is 0.461. The highest BCUT2D eigenvalue weighted by Gasteiger charge is 2.38. The average Bonchev–Trinajstić information content (AvgIpc) is 3.38. The van der Waals surface area contributed by atoms with Crippen molar-refractivity contribution in [2.45, 2.75) is 19.3 Å². The van der Waals surface area contributed by atoms with E-state index in [0.29, 0.717) is 0 Å². The van der Waals surface area contributed by atoms with Gasteiger partial charge in [-0.25, -0.2) is 9.78 Å². The molecule has 3 N–H and O–H groups in total. The summed E-state index contributed by atoms with van der Waals surface area (Å²) in [6.45, 7) is 1.51. The molecule has 156 valence electrons. The predicted octanol–water partition coefficient (Wildman–Crippen LogP) is 3.65. The lowest BCUT2D eigenvalue weighted by Gasteiger charge is -2.06. The third kappa shape index (κ3) is 5.45. The van der Waals surface area contributed by atoms with Gasteiger partial charge >= 0.3 is 12.1 Å². The summed E-state index contributed by atoms with van der Waals surface area (Å²) in [6.07, 6.45) is -1.28. The van der Waals surface area contributed by atoms with Gasteiger partial charge in [0, 0.05) is 42.4 Å². The molecule has 4 aromatic rings. The molecule has 0 aliphatic heterocycles. The van der Waals surface area contributed by atoms with Crippen LogP contribution < -0.4 is 5.32 Å². The molecule has 0 saturated heterocycles. The number of aromatic nitrogens is 4. The number of fused-ring (bicyclic) bond motifs is 1. The van der Waals surface area contributed by atoms with Crippen molar-refractivity contribution in [3.8, 4) is 11.3 Å². The molecule has 1 aromatic carbocycles. The van der Waals surface area contributed by atoms with E-state index in [2.05, 4.69) is 49.2 Å². The van der Waals surface area contributed by atoms with Gasteiger partial charge in [0.25, 0.3) is 0 Å². The molecule has 30 heavy (non-hydrogen) atoms. The Balaban J connectivity index is 0.000000318. The molecule has 0 fully saturated rings. The second-order valence-electron chi connectivity index (χ2n) is 6.22. The number of hydrogen-bond donors (Lipinski definition) is 3. The van der Waals surface area contributed by atoms with Crippen molar-refractivity contribution < 1.29 is 23.1 Å². The number of carbonyl (C=O) groups is 1. The van der Waals surface area contributed by atoms with Crippen LogP contribution in [-0.4, -0.2) is 36.8 Å². The van der Waals surface area contributed by atoms with E-state index in [4.69, 9.17) is 9.90 Å². The molecule has 0 amide bonds. The Morgan fingerprint density at radius 3 is 2.53 bits per heavy atom. The number of pyridine rings is 1. The standard InChI is InChI=1S/C18H17N5.C2HF3O2/c1-2-5-14(6-3-1)17-11-15(21-22-17)12-19-13-16-7-4-8-18-20-9-10-23(16)18;3-2(4,5)1(6)7/h1-11,19H,12-13H2,(H,21,22);(H,6,7). The van der Waals surface area contributed by atoms with Gasteiger partial charge in [-0.05, 0) is 18.2 Å². The lowest BCUT2D eigenvalue weighted by molar-refractivity contribution is -0.192. The topological polar surface area (TPSA) is 95.3 Å². The fraction of sp³-hybridized carbons (Fsp3) is 0.150. The number of nitrogens with zero attached hydrogens (tertiary/aromatic N) is 3. The van der Waals surface area contributed by atoms with Gasteiger partial charge in [-0.15, -0.1) is 0 Å². The van der Waals surface area contributed by atoms with Crippen LogP contribution in [0.25, 0.3) is 16.9 Å². The number of imidazole rings is 1. The number of carboxylic acid groups (broad SMARTS) is 1. The van der Waals surface area contributed by atoms with Gasteiger partial charge in [-0.3, -0.25) is 5.10 Å². The van der Waals surface area contributed by atoms with Gasteiger partial charge in [-0.1, -0.05) is 36.4 Å². The van der Waals surface area contributed by atoms with Crippen molar-refractivity contribution in [3.63, 3.8) is 0 Å². The van der Waals surface area contributed by atoms with E-state index < -0.39 is 12.1 Å². The normalized spacial score (nSPS) is 11.2. The van der Waals surface area contributed by atoms with Gasteiger partial charge in [0.15, 0.2) is 0 Å². The van der Waals surface area contributed by atoms with Crippen LogP contribution in [0.3, 0.4) is 0 Å². The van der Waals surface area contributed by atoms with Crippen molar-refractivity contribution >= 4 is 11.6 Å². The first-order chi connectivity index (χ1) is 14.3. The van der Waals surface area contributed by atoms with E-state index in [1.165, 1.54) is 5.69 Å². The highest BCUT2D eigenvalue weighted by molar-refractivity contribution is 5.73. The fourth-order valence-electron chi connectivity index (χ4n) is 2.68. The first-order valence-electron chi connectivity index (χ1n) is 8.86. The molecule has 0 saturated carbocycles. The Labute approximate surface area is 169 Å². The molecule has 0 unspecified atom stereocenters. The first kappa shape index (κ1) is 21.1. The lowest BCUT2D eigenvalue weighted by Crippen LogP contribution is -2.21. The highest BCUT2D eigenvalue weighted by atomic mass is 19.4. The molecule has 0 radical (unpaired) electrons. The van der Waals surface area contributed by atoms with E-state index in [-0.39, 0.29) is 0 Å². The number of aromatic amines is 1. The zero-order chi connectivity index (χ0) is 21.6. The van der Waals surface area contributed by atoms with Crippen LogP contribution in [0.2, 0.25) is 0 Å². The molecule has 0 aliphatic carbocycles. The maximum Gasteiger partial charge on any atom is 0.490 e. The van der Waals surface area contributed by atoms with Crippen molar-refractivity contribution in [2.24, 2.45) is 0 Å². The number of carboxylic acids is 1. The van der Waals surface area contributed by atoms with Gasteiger partial charge in [-0.2, -0.15) is 18.3 Å². The Morgan fingerprint density at radius 1 is 1.10 bits per heavy atom. The Bertz CT molecular complexity index is 1110. The Kier molecular flexibility index (Phi) is 6.48. The second kappa shape index (κ2) is 9.23. The molecular weight excluding hydrogens is 399 g/mol. The van der Waals surface area contributed by atoms with Gasteiger partial charge in [0.05, 0.1) is 5.69 Å². The van der Waals surface area contributed by atoms with Crippen molar-refractivity contribution in [1.82, 2.24) is 24.9 Å². The fourth-order valence-corrected chi connectivity index (χ4v) is 2.68. The monoisotopic (exact) mass is 417 g/mol. The summed E-state index contributed by atoms with van der Waals surface area (Å²) in [5.74, 6) is -2.76. The largest absolute Gasteiger partial charge is 0.490 e. The molecular formula is C20H18F3N5O2. The average molecular weight is 417 g/mol. The van der Waals surface area contributed by atoms with Crippen molar-refractivity contribution in [3.05, 3.63) is 78.4 Å². The molecule has 0 atom stereocenters. The van der Waals surface area contributed by atoms with Crippen LogP contribution in [0.5, 0.6) is 0 Å². The molecule has 0 bridgehead atoms. The van der Waals surface area contributed by atoms with E-state index in [9.17, 15) is 13.2 Å². The minimum absolute atomic E-state index is 0.741. The summed E-state index contributed by atoms with van der Waals surface area (Å²) in [7, 11) is 0. The number of H-pyrrole nitrogens is 1. The predicted molar refractivity (Wildman–Crippen MR) is 103 cm³/mol. The zero-order valence-corrected chi connectivity index (χ0v) is 15.6. The van der Waals surface area contributed by atoms with Gasteiger partial charge in [0.2, 0.25) is 0 Å². The molecule has 3 heterocycles. The molecule has 7 nitrogen and oxygen atoms in total. The first-order valence-corrected chi connectivity index (χ1v) is 8.86. The van der Waals surface area contributed by atoms with Crippen LogP contribution in [-0.2, 0) is 17.9 Å². The second-order valence-corrected chi connectivity index (χ2v) is 6.22. The van der Waals surface area contributed by atoms with Crippen LogP contribution in [0.15, 0.2) is 67.0 Å². The maximum atomic E-state index is 10.6.